The lowest BCUT2D eigenvalue weighted by Gasteiger charge is -2.15. The van der Waals surface area contributed by atoms with Crippen LogP contribution >= 0.6 is 11.5 Å². The van der Waals surface area contributed by atoms with Crippen molar-refractivity contribution < 1.29 is 8.78 Å². The van der Waals surface area contributed by atoms with Crippen LogP contribution in [-0.2, 0) is 0 Å². The predicted octanol–water partition coefficient (Wildman–Crippen LogP) is 1.68. The van der Waals surface area contributed by atoms with Crippen molar-refractivity contribution in [3.8, 4) is 0 Å². The molecule has 4 nitrogen and oxygen atoms in total. The molecule has 1 atom stereocenters. The van der Waals surface area contributed by atoms with E-state index in [1.54, 1.807) is 0 Å². The maximum absolute atomic E-state index is 13.8. The third-order valence-electron chi connectivity index (χ3n) is 2.45. The molecule has 1 unspecified atom stereocenters. The molecule has 2 aromatic rings. The minimum Gasteiger partial charge on any atom is -0.271 e. The van der Waals surface area contributed by atoms with Gasteiger partial charge in [0.1, 0.15) is 0 Å². The summed E-state index contributed by atoms with van der Waals surface area (Å²) in [5.74, 6) is 3.60. The molecule has 90 valence electrons. The van der Waals surface area contributed by atoms with Crippen molar-refractivity contribution >= 4 is 11.5 Å². The summed E-state index contributed by atoms with van der Waals surface area (Å²) >= 11 is 1.08. The zero-order valence-corrected chi connectivity index (χ0v) is 9.76. The Bertz CT molecular complexity index is 515. The Balaban J connectivity index is 2.49. The first-order chi connectivity index (χ1) is 8.15. The summed E-state index contributed by atoms with van der Waals surface area (Å²) in [5.41, 5.74) is 2.83. The third kappa shape index (κ3) is 2.17. The second-order valence-corrected chi connectivity index (χ2v) is 4.34. The lowest BCUT2D eigenvalue weighted by atomic mass is 10.0. The quantitative estimate of drug-likeness (QED) is 0.648. The number of rotatable bonds is 3. The van der Waals surface area contributed by atoms with E-state index in [1.807, 2.05) is 0 Å². The number of hydrazine groups is 1. The Morgan fingerprint density at radius 2 is 2.12 bits per heavy atom. The fourth-order valence-electron chi connectivity index (χ4n) is 1.51. The topological polar surface area (TPSA) is 63.8 Å². The Kier molecular flexibility index (Phi) is 3.41. The number of hydrogen-bond acceptors (Lipinski definition) is 5. The Hall–Kier alpha value is -1.44. The van der Waals surface area contributed by atoms with E-state index in [-0.39, 0.29) is 11.1 Å². The molecule has 0 aliphatic carbocycles. The van der Waals surface area contributed by atoms with E-state index in [0.29, 0.717) is 4.88 Å². The van der Waals surface area contributed by atoms with E-state index >= 15 is 0 Å². The molecule has 0 saturated heterocycles. The highest BCUT2D eigenvalue weighted by Crippen LogP contribution is 2.27. The van der Waals surface area contributed by atoms with Gasteiger partial charge in [0.2, 0.25) is 0 Å². The smallest absolute Gasteiger partial charge is 0.164 e. The van der Waals surface area contributed by atoms with Crippen LogP contribution in [0.1, 0.15) is 22.0 Å². The highest BCUT2D eigenvalue weighted by atomic mass is 32.1. The SMILES string of the molecule is Cc1ccc(C(NN)c2cnns2)c(F)c1F. The number of halogens is 2. The average molecular weight is 256 g/mol. The van der Waals surface area contributed by atoms with E-state index in [1.165, 1.54) is 25.3 Å². The minimum atomic E-state index is -0.902. The van der Waals surface area contributed by atoms with E-state index in [0.717, 1.165) is 11.5 Å². The molecular weight excluding hydrogens is 246 g/mol. The molecule has 0 radical (unpaired) electrons. The number of nitrogens with one attached hydrogen (secondary N) is 1. The van der Waals surface area contributed by atoms with Crippen LogP contribution in [0.4, 0.5) is 8.78 Å². The monoisotopic (exact) mass is 256 g/mol. The highest BCUT2D eigenvalue weighted by Gasteiger charge is 2.21. The summed E-state index contributed by atoms with van der Waals surface area (Å²) in [6.45, 7) is 1.50. The summed E-state index contributed by atoms with van der Waals surface area (Å²) in [4.78, 5) is 0.620. The number of aryl methyl sites for hydroxylation is 1. The van der Waals surface area contributed by atoms with E-state index < -0.39 is 17.7 Å². The minimum absolute atomic E-state index is 0.140. The second-order valence-electron chi connectivity index (χ2n) is 3.52. The second kappa shape index (κ2) is 4.82. The van der Waals surface area contributed by atoms with Crippen LogP contribution in [-0.4, -0.2) is 9.59 Å². The van der Waals surface area contributed by atoms with Gasteiger partial charge in [-0.2, -0.15) is 0 Å². The van der Waals surface area contributed by atoms with Crippen LogP contribution in [0.25, 0.3) is 0 Å². The number of benzene rings is 1. The van der Waals surface area contributed by atoms with Gasteiger partial charge >= 0.3 is 0 Å². The van der Waals surface area contributed by atoms with E-state index in [4.69, 9.17) is 5.84 Å². The van der Waals surface area contributed by atoms with Crippen molar-refractivity contribution in [3.05, 3.63) is 46.0 Å². The summed E-state index contributed by atoms with van der Waals surface area (Å²) in [7, 11) is 0. The largest absolute Gasteiger partial charge is 0.271 e. The zero-order chi connectivity index (χ0) is 12.4. The van der Waals surface area contributed by atoms with E-state index in [2.05, 4.69) is 15.0 Å². The number of hydrogen-bond donors (Lipinski definition) is 2. The lowest BCUT2D eigenvalue weighted by Crippen LogP contribution is -2.29. The molecule has 1 aromatic heterocycles. The van der Waals surface area contributed by atoms with Gasteiger partial charge in [0.25, 0.3) is 0 Å². The third-order valence-corrected chi connectivity index (χ3v) is 3.17. The Morgan fingerprint density at radius 3 is 2.71 bits per heavy atom. The molecule has 0 amide bonds. The van der Waals surface area contributed by atoms with Crippen molar-refractivity contribution in [2.24, 2.45) is 5.84 Å². The summed E-state index contributed by atoms with van der Waals surface area (Å²) in [6.07, 6.45) is 1.46. The van der Waals surface area contributed by atoms with Crippen LogP contribution in [0.3, 0.4) is 0 Å². The Morgan fingerprint density at radius 1 is 1.35 bits per heavy atom. The maximum atomic E-state index is 13.8. The van der Waals surface area contributed by atoms with Gasteiger partial charge < -0.3 is 0 Å². The van der Waals surface area contributed by atoms with Crippen molar-refractivity contribution in [2.75, 3.05) is 0 Å². The number of nitrogens with zero attached hydrogens (tertiary/aromatic N) is 2. The Labute approximate surface area is 101 Å². The molecule has 3 N–H and O–H groups in total. The molecule has 0 bridgehead atoms. The lowest BCUT2D eigenvalue weighted by molar-refractivity contribution is 0.479. The summed E-state index contributed by atoms with van der Waals surface area (Å²) < 4.78 is 30.9. The molecule has 1 aromatic carbocycles. The van der Waals surface area contributed by atoms with Gasteiger partial charge in [-0.1, -0.05) is 16.6 Å². The highest BCUT2D eigenvalue weighted by molar-refractivity contribution is 7.05. The molecule has 0 aliphatic rings. The summed E-state index contributed by atoms with van der Waals surface area (Å²) in [6, 6.07) is 2.36. The molecule has 0 saturated carbocycles. The van der Waals surface area contributed by atoms with Crippen LogP contribution in [0, 0.1) is 18.6 Å². The zero-order valence-electron chi connectivity index (χ0n) is 8.95. The van der Waals surface area contributed by atoms with Gasteiger partial charge in [0.05, 0.1) is 17.1 Å². The first-order valence-electron chi connectivity index (χ1n) is 4.83. The van der Waals surface area contributed by atoms with E-state index in [9.17, 15) is 8.78 Å². The van der Waals surface area contributed by atoms with Gasteiger partial charge in [-0.25, -0.2) is 14.2 Å². The van der Waals surface area contributed by atoms with Crippen molar-refractivity contribution in [3.63, 3.8) is 0 Å². The molecule has 2 rings (SSSR count). The molecule has 0 fully saturated rings. The van der Waals surface area contributed by atoms with Crippen molar-refractivity contribution in [1.29, 1.82) is 0 Å². The van der Waals surface area contributed by atoms with Crippen molar-refractivity contribution in [2.45, 2.75) is 13.0 Å². The number of aromatic nitrogens is 2. The van der Waals surface area contributed by atoms with Crippen LogP contribution < -0.4 is 11.3 Å². The van der Waals surface area contributed by atoms with Gasteiger partial charge in [0, 0.05) is 5.56 Å². The summed E-state index contributed by atoms with van der Waals surface area (Å²) in [5, 5.41) is 3.64. The molecule has 0 spiro atoms. The molecular formula is C10H10F2N4S. The van der Waals surface area contributed by atoms with Crippen molar-refractivity contribution in [1.82, 2.24) is 15.0 Å². The number of nitrogens with two attached hydrogens (primary N) is 1. The fourth-order valence-corrected chi connectivity index (χ4v) is 2.09. The normalized spacial score (nSPS) is 12.7. The first kappa shape index (κ1) is 12.0. The van der Waals surface area contributed by atoms with Gasteiger partial charge in [-0.15, -0.1) is 5.10 Å². The predicted molar refractivity (Wildman–Crippen MR) is 60.2 cm³/mol. The molecule has 17 heavy (non-hydrogen) atoms. The van der Waals surface area contributed by atoms with Crippen LogP contribution in [0.15, 0.2) is 18.3 Å². The fraction of sp³-hybridized carbons (Fsp3) is 0.200. The standard InChI is InChI=1S/C10H10F2N4S/c1-5-2-3-6(9(12)8(5)11)10(15-13)7-4-14-16-17-7/h2-4,10,15H,13H2,1H3. The average Bonchev–Trinajstić information content (AvgIpc) is 2.84. The maximum Gasteiger partial charge on any atom is 0.164 e. The molecule has 0 aliphatic heterocycles. The molecule has 7 heteroatoms. The first-order valence-corrected chi connectivity index (χ1v) is 5.60. The van der Waals surface area contributed by atoms with Gasteiger partial charge in [0.15, 0.2) is 11.6 Å². The van der Waals surface area contributed by atoms with Gasteiger partial charge in [-0.05, 0) is 24.0 Å². The van der Waals surface area contributed by atoms with Crippen LogP contribution in [0.5, 0.6) is 0 Å². The molecule has 1 heterocycles. The van der Waals surface area contributed by atoms with Crippen LogP contribution in [0.2, 0.25) is 0 Å². The van der Waals surface area contributed by atoms with Gasteiger partial charge in [-0.3, -0.25) is 5.84 Å².